The lowest BCUT2D eigenvalue weighted by atomic mass is 10.1. The third-order valence-corrected chi connectivity index (χ3v) is 2.04. The number of rotatable bonds is 2. The van der Waals surface area contributed by atoms with Crippen LogP contribution >= 0.6 is 11.6 Å². The van der Waals surface area contributed by atoms with E-state index in [0.717, 1.165) is 5.56 Å². The molecule has 1 aromatic rings. The Morgan fingerprint density at radius 1 is 1.64 bits per heavy atom. The Hall–Kier alpha value is -1.53. The molecule has 14 heavy (non-hydrogen) atoms. The van der Waals surface area contributed by atoms with Crippen LogP contribution in [0, 0.1) is 11.3 Å². The van der Waals surface area contributed by atoms with Gasteiger partial charge in [0.15, 0.2) is 0 Å². The van der Waals surface area contributed by atoms with Crippen LogP contribution in [-0.2, 0) is 16.0 Å². The Bertz CT molecular complexity index is 396. The molecule has 0 aromatic heterocycles. The van der Waals surface area contributed by atoms with E-state index >= 15 is 0 Å². The van der Waals surface area contributed by atoms with Crippen LogP contribution in [0.4, 0.5) is 0 Å². The van der Waals surface area contributed by atoms with Crippen molar-refractivity contribution in [2.75, 3.05) is 7.11 Å². The highest BCUT2D eigenvalue weighted by Crippen LogP contribution is 2.17. The molecule has 0 bridgehead atoms. The number of halogens is 1. The molecule has 0 amide bonds. The zero-order valence-corrected chi connectivity index (χ0v) is 8.34. The molecule has 1 rings (SSSR count). The second-order valence-electron chi connectivity index (χ2n) is 2.68. The molecule has 0 radical (unpaired) electrons. The number of methoxy groups -OCH3 is 1. The van der Waals surface area contributed by atoms with Crippen LogP contribution in [0.15, 0.2) is 18.2 Å². The summed E-state index contributed by atoms with van der Waals surface area (Å²) in [7, 11) is 1.33. The van der Waals surface area contributed by atoms with Crippen LogP contribution in [0.1, 0.15) is 11.1 Å². The molecular weight excluding hydrogens is 202 g/mol. The fraction of sp³-hybridized carbons (Fsp3) is 0.200. The van der Waals surface area contributed by atoms with Crippen molar-refractivity contribution < 1.29 is 9.53 Å². The van der Waals surface area contributed by atoms with Gasteiger partial charge in [0.2, 0.25) is 0 Å². The summed E-state index contributed by atoms with van der Waals surface area (Å²) in [6.45, 7) is 0. The largest absolute Gasteiger partial charge is 0.469 e. The zero-order valence-electron chi connectivity index (χ0n) is 7.58. The molecule has 0 saturated carbocycles. The number of carbonyl (C=O) groups excluding carboxylic acids is 1. The molecule has 0 aliphatic rings. The molecule has 72 valence electrons. The number of esters is 1. The Balaban J connectivity index is 2.88. The molecule has 0 aliphatic heterocycles. The first-order valence-corrected chi connectivity index (χ1v) is 4.30. The monoisotopic (exact) mass is 209 g/mol. The summed E-state index contributed by atoms with van der Waals surface area (Å²) in [4.78, 5) is 10.9. The third kappa shape index (κ3) is 2.48. The Morgan fingerprint density at radius 3 is 2.86 bits per heavy atom. The number of hydrogen-bond acceptors (Lipinski definition) is 3. The number of nitrogens with zero attached hydrogens (tertiary/aromatic N) is 1. The number of benzene rings is 1. The standard InChI is InChI=1S/C10H8ClNO2/c1-14-10(13)5-7-2-3-8(6-12)9(11)4-7/h2-4H,5H2,1H3. The minimum absolute atomic E-state index is 0.169. The normalized spacial score (nSPS) is 9.21. The molecule has 3 nitrogen and oxygen atoms in total. The molecular formula is C10H8ClNO2. The van der Waals surface area contributed by atoms with Gasteiger partial charge in [-0.25, -0.2) is 0 Å². The molecule has 0 saturated heterocycles. The lowest BCUT2D eigenvalue weighted by molar-refractivity contribution is -0.139. The van der Waals surface area contributed by atoms with E-state index in [2.05, 4.69) is 4.74 Å². The van der Waals surface area contributed by atoms with Gasteiger partial charge in [0.1, 0.15) is 6.07 Å². The van der Waals surface area contributed by atoms with E-state index < -0.39 is 0 Å². The van der Waals surface area contributed by atoms with Crippen LogP contribution in [0.5, 0.6) is 0 Å². The summed E-state index contributed by atoms with van der Waals surface area (Å²) >= 11 is 5.78. The highest BCUT2D eigenvalue weighted by molar-refractivity contribution is 6.31. The highest BCUT2D eigenvalue weighted by atomic mass is 35.5. The van der Waals surface area contributed by atoms with Crippen LogP contribution < -0.4 is 0 Å². The van der Waals surface area contributed by atoms with E-state index in [4.69, 9.17) is 16.9 Å². The van der Waals surface area contributed by atoms with Gasteiger partial charge in [0, 0.05) is 0 Å². The molecule has 0 spiro atoms. The van der Waals surface area contributed by atoms with Crippen LogP contribution in [-0.4, -0.2) is 13.1 Å². The second kappa shape index (κ2) is 4.64. The Morgan fingerprint density at radius 2 is 2.36 bits per heavy atom. The molecule has 0 unspecified atom stereocenters. The minimum atomic E-state index is -0.328. The van der Waals surface area contributed by atoms with Crippen molar-refractivity contribution in [2.45, 2.75) is 6.42 Å². The van der Waals surface area contributed by atoms with Crippen molar-refractivity contribution in [1.29, 1.82) is 5.26 Å². The number of hydrogen-bond donors (Lipinski definition) is 0. The molecule has 1 aromatic carbocycles. The van der Waals surface area contributed by atoms with Gasteiger partial charge in [-0.3, -0.25) is 4.79 Å². The van der Waals surface area contributed by atoms with Gasteiger partial charge in [-0.15, -0.1) is 0 Å². The quantitative estimate of drug-likeness (QED) is 0.700. The summed E-state index contributed by atoms with van der Waals surface area (Å²) in [5.74, 6) is -0.328. The average molecular weight is 210 g/mol. The molecule has 0 atom stereocenters. The van der Waals surface area contributed by atoms with Gasteiger partial charge in [-0.05, 0) is 17.7 Å². The van der Waals surface area contributed by atoms with E-state index in [1.54, 1.807) is 18.2 Å². The van der Waals surface area contributed by atoms with Crippen molar-refractivity contribution in [3.8, 4) is 6.07 Å². The first-order valence-electron chi connectivity index (χ1n) is 3.92. The first kappa shape index (κ1) is 10.6. The minimum Gasteiger partial charge on any atom is -0.469 e. The summed E-state index contributed by atoms with van der Waals surface area (Å²) in [6, 6.07) is 6.80. The molecule has 4 heteroatoms. The van der Waals surface area contributed by atoms with E-state index in [1.165, 1.54) is 7.11 Å². The summed E-state index contributed by atoms with van der Waals surface area (Å²) in [5, 5.41) is 8.97. The van der Waals surface area contributed by atoms with E-state index in [9.17, 15) is 4.79 Å². The lowest BCUT2D eigenvalue weighted by Gasteiger charge is -2.01. The third-order valence-electron chi connectivity index (χ3n) is 1.73. The maximum atomic E-state index is 10.9. The Kier molecular flexibility index (Phi) is 3.49. The molecule has 0 N–H and O–H groups in total. The van der Waals surface area contributed by atoms with Gasteiger partial charge < -0.3 is 4.74 Å². The van der Waals surface area contributed by atoms with Gasteiger partial charge in [0.05, 0.1) is 24.1 Å². The van der Waals surface area contributed by atoms with Gasteiger partial charge in [-0.1, -0.05) is 17.7 Å². The molecule has 0 fully saturated rings. The predicted molar refractivity (Wildman–Crippen MR) is 51.9 cm³/mol. The van der Waals surface area contributed by atoms with E-state index in [1.807, 2.05) is 6.07 Å². The summed E-state index contributed by atoms with van der Waals surface area (Å²) in [5.41, 5.74) is 1.14. The van der Waals surface area contributed by atoms with Crippen LogP contribution in [0.3, 0.4) is 0 Å². The van der Waals surface area contributed by atoms with Gasteiger partial charge >= 0.3 is 5.97 Å². The van der Waals surface area contributed by atoms with Crippen molar-refractivity contribution in [3.63, 3.8) is 0 Å². The van der Waals surface area contributed by atoms with Crippen LogP contribution in [0.25, 0.3) is 0 Å². The van der Waals surface area contributed by atoms with E-state index in [0.29, 0.717) is 10.6 Å². The maximum Gasteiger partial charge on any atom is 0.309 e. The van der Waals surface area contributed by atoms with Crippen LogP contribution in [0.2, 0.25) is 5.02 Å². The lowest BCUT2D eigenvalue weighted by Crippen LogP contribution is -2.04. The molecule has 0 heterocycles. The fourth-order valence-corrected chi connectivity index (χ4v) is 1.24. The zero-order chi connectivity index (χ0) is 10.6. The van der Waals surface area contributed by atoms with Crippen molar-refractivity contribution in [3.05, 3.63) is 34.3 Å². The highest BCUT2D eigenvalue weighted by Gasteiger charge is 2.05. The first-order chi connectivity index (χ1) is 6.67. The molecule has 0 aliphatic carbocycles. The number of nitriles is 1. The fourth-order valence-electron chi connectivity index (χ4n) is 0.998. The smallest absolute Gasteiger partial charge is 0.309 e. The maximum absolute atomic E-state index is 10.9. The van der Waals surface area contributed by atoms with Crippen molar-refractivity contribution in [1.82, 2.24) is 0 Å². The summed E-state index contributed by atoms with van der Waals surface area (Å²) < 4.78 is 4.50. The topological polar surface area (TPSA) is 50.1 Å². The average Bonchev–Trinajstić information content (AvgIpc) is 2.18. The SMILES string of the molecule is COC(=O)Cc1ccc(C#N)c(Cl)c1. The second-order valence-corrected chi connectivity index (χ2v) is 3.09. The van der Waals surface area contributed by atoms with Crippen molar-refractivity contribution >= 4 is 17.6 Å². The summed E-state index contributed by atoms with van der Waals surface area (Å²) in [6.07, 6.45) is 0.169. The Labute approximate surface area is 86.9 Å². The van der Waals surface area contributed by atoms with Gasteiger partial charge in [-0.2, -0.15) is 5.26 Å². The number of ether oxygens (including phenoxy) is 1. The van der Waals surface area contributed by atoms with E-state index in [-0.39, 0.29) is 12.4 Å². The van der Waals surface area contributed by atoms with Crippen molar-refractivity contribution in [2.24, 2.45) is 0 Å². The van der Waals surface area contributed by atoms with Gasteiger partial charge in [0.25, 0.3) is 0 Å². The number of carbonyl (C=O) groups is 1. The predicted octanol–water partition coefficient (Wildman–Crippen LogP) is 1.93.